The van der Waals surface area contributed by atoms with Gasteiger partial charge in [0.15, 0.2) is 0 Å². The summed E-state index contributed by atoms with van der Waals surface area (Å²) in [4.78, 5) is 4.12. The van der Waals surface area contributed by atoms with Crippen LogP contribution in [0.1, 0.15) is 0 Å². The Morgan fingerprint density at radius 1 is 0.923 bits per heavy atom. The molecule has 0 bridgehead atoms. The molecule has 0 saturated carbocycles. The van der Waals surface area contributed by atoms with Gasteiger partial charge in [-0.25, -0.2) is 0 Å². The van der Waals surface area contributed by atoms with E-state index in [0.717, 1.165) is 10.9 Å². The van der Waals surface area contributed by atoms with Gasteiger partial charge in [0.2, 0.25) is 0 Å². The smallest absolute Gasteiger partial charge is 0.0744 e. The summed E-state index contributed by atoms with van der Waals surface area (Å²) in [5.41, 5.74) is 19.5. The molecule has 6 N–H and O–H groups in total. The second kappa shape index (κ2) is 2.52. The fourth-order valence-corrected chi connectivity index (χ4v) is 1.29. The van der Waals surface area contributed by atoms with Crippen molar-refractivity contribution in [2.45, 2.75) is 0 Å². The molecule has 0 saturated heterocycles. The molecule has 66 valence electrons. The molecule has 0 atom stereocenters. The lowest BCUT2D eigenvalue weighted by atomic mass is 10.1. The van der Waals surface area contributed by atoms with Crippen molar-refractivity contribution in [2.24, 2.45) is 0 Å². The average Bonchev–Trinajstić information content (AvgIpc) is 2.06. The number of pyridine rings is 1. The molecule has 0 unspecified atom stereocenters. The first-order valence-electron chi connectivity index (χ1n) is 3.87. The van der Waals surface area contributed by atoms with Gasteiger partial charge in [0.05, 0.1) is 17.4 Å². The van der Waals surface area contributed by atoms with Crippen molar-refractivity contribution in [1.82, 2.24) is 4.98 Å². The molecule has 0 amide bonds. The number of hydrogen-bond acceptors (Lipinski definition) is 4. The van der Waals surface area contributed by atoms with Gasteiger partial charge in [0, 0.05) is 16.8 Å². The molecule has 4 nitrogen and oxygen atoms in total. The number of nitrogen functional groups attached to an aromatic ring is 3. The molecule has 4 heteroatoms. The second-order valence-corrected chi connectivity index (χ2v) is 2.95. The summed E-state index contributed by atoms with van der Waals surface area (Å²) in [6.45, 7) is 0. The third-order valence-corrected chi connectivity index (χ3v) is 1.88. The summed E-state index contributed by atoms with van der Waals surface area (Å²) >= 11 is 0. The molecule has 0 fully saturated rings. The SMILES string of the molecule is Nc1cc(N)c2cc(N)cnc2c1. The molecular weight excluding hydrogens is 164 g/mol. The van der Waals surface area contributed by atoms with Gasteiger partial charge in [-0.05, 0) is 18.2 Å². The van der Waals surface area contributed by atoms with E-state index in [1.165, 1.54) is 0 Å². The summed E-state index contributed by atoms with van der Waals surface area (Å²) in [6.07, 6.45) is 1.58. The quantitative estimate of drug-likeness (QED) is 0.519. The van der Waals surface area contributed by atoms with Crippen molar-refractivity contribution in [3.63, 3.8) is 0 Å². The Balaban J connectivity index is 2.87. The van der Waals surface area contributed by atoms with Gasteiger partial charge in [-0.3, -0.25) is 4.98 Å². The highest BCUT2D eigenvalue weighted by Crippen LogP contribution is 2.24. The Kier molecular flexibility index (Phi) is 1.48. The van der Waals surface area contributed by atoms with E-state index >= 15 is 0 Å². The summed E-state index contributed by atoms with van der Waals surface area (Å²) < 4.78 is 0. The monoisotopic (exact) mass is 174 g/mol. The van der Waals surface area contributed by atoms with Gasteiger partial charge in [0.25, 0.3) is 0 Å². The number of aromatic nitrogens is 1. The maximum Gasteiger partial charge on any atom is 0.0744 e. The van der Waals surface area contributed by atoms with Crippen LogP contribution in [-0.4, -0.2) is 4.98 Å². The van der Waals surface area contributed by atoms with Crippen LogP contribution in [0.25, 0.3) is 10.9 Å². The Hall–Kier alpha value is -1.97. The molecular formula is C9H10N4. The fourth-order valence-electron chi connectivity index (χ4n) is 1.29. The number of rotatable bonds is 0. The minimum Gasteiger partial charge on any atom is -0.399 e. The zero-order valence-corrected chi connectivity index (χ0v) is 6.99. The first-order valence-corrected chi connectivity index (χ1v) is 3.87. The number of benzene rings is 1. The predicted octanol–water partition coefficient (Wildman–Crippen LogP) is 0.981. The van der Waals surface area contributed by atoms with Gasteiger partial charge in [-0.2, -0.15) is 0 Å². The Morgan fingerprint density at radius 2 is 1.69 bits per heavy atom. The minimum absolute atomic E-state index is 0.601. The van der Waals surface area contributed by atoms with Crippen molar-refractivity contribution in [2.75, 3.05) is 17.2 Å². The van der Waals surface area contributed by atoms with Crippen LogP contribution in [0, 0.1) is 0 Å². The molecule has 2 aromatic rings. The van der Waals surface area contributed by atoms with Crippen molar-refractivity contribution < 1.29 is 0 Å². The summed E-state index contributed by atoms with van der Waals surface area (Å²) in [5.74, 6) is 0. The van der Waals surface area contributed by atoms with Crippen LogP contribution in [0.2, 0.25) is 0 Å². The largest absolute Gasteiger partial charge is 0.399 e. The van der Waals surface area contributed by atoms with E-state index in [0.29, 0.717) is 17.1 Å². The first kappa shape index (κ1) is 7.67. The van der Waals surface area contributed by atoms with Crippen molar-refractivity contribution in [1.29, 1.82) is 0 Å². The average molecular weight is 174 g/mol. The molecule has 1 aromatic heterocycles. The topological polar surface area (TPSA) is 91.0 Å². The Labute approximate surface area is 75.4 Å². The van der Waals surface area contributed by atoms with Crippen molar-refractivity contribution in [3.8, 4) is 0 Å². The molecule has 1 heterocycles. The molecule has 0 aliphatic heterocycles. The molecule has 2 rings (SSSR count). The summed E-state index contributed by atoms with van der Waals surface area (Å²) in [7, 11) is 0. The van der Waals surface area contributed by atoms with Crippen LogP contribution in [-0.2, 0) is 0 Å². The maximum absolute atomic E-state index is 5.75. The first-order chi connectivity index (χ1) is 6.16. The van der Waals surface area contributed by atoms with E-state index in [-0.39, 0.29) is 0 Å². The highest BCUT2D eigenvalue weighted by atomic mass is 14.7. The molecule has 0 aliphatic rings. The number of nitrogens with two attached hydrogens (primary N) is 3. The fraction of sp³-hybridized carbons (Fsp3) is 0. The van der Waals surface area contributed by atoms with E-state index in [4.69, 9.17) is 17.2 Å². The molecule has 0 aliphatic carbocycles. The maximum atomic E-state index is 5.75. The van der Waals surface area contributed by atoms with Crippen LogP contribution < -0.4 is 17.2 Å². The molecule has 13 heavy (non-hydrogen) atoms. The minimum atomic E-state index is 0.601. The standard InChI is InChI=1S/C9H10N4/c10-5-2-8(12)7-1-6(11)4-13-9(7)3-5/h1-4H,10-12H2. The van der Waals surface area contributed by atoms with Crippen molar-refractivity contribution in [3.05, 3.63) is 24.4 Å². The van der Waals surface area contributed by atoms with E-state index in [1.54, 1.807) is 24.4 Å². The van der Waals surface area contributed by atoms with E-state index in [9.17, 15) is 0 Å². The molecule has 1 aromatic carbocycles. The lowest BCUT2D eigenvalue weighted by Crippen LogP contribution is -1.94. The van der Waals surface area contributed by atoms with Gasteiger partial charge in [-0.15, -0.1) is 0 Å². The van der Waals surface area contributed by atoms with E-state index < -0.39 is 0 Å². The second-order valence-electron chi connectivity index (χ2n) is 2.95. The normalized spacial score (nSPS) is 10.5. The lowest BCUT2D eigenvalue weighted by molar-refractivity contribution is 1.41. The highest BCUT2D eigenvalue weighted by molar-refractivity contribution is 5.94. The highest BCUT2D eigenvalue weighted by Gasteiger charge is 2.00. The Morgan fingerprint density at radius 3 is 2.46 bits per heavy atom. The molecule has 0 radical (unpaired) electrons. The number of anilines is 3. The summed E-state index contributed by atoms with van der Waals surface area (Å²) in [6, 6.07) is 5.26. The Bertz CT molecular complexity index is 464. The van der Waals surface area contributed by atoms with E-state index in [2.05, 4.69) is 4.98 Å². The van der Waals surface area contributed by atoms with Gasteiger partial charge in [0.1, 0.15) is 0 Å². The van der Waals surface area contributed by atoms with Crippen LogP contribution >= 0.6 is 0 Å². The van der Waals surface area contributed by atoms with Crippen LogP contribution in [0.5, 0.6) is 0 Å². The lowest BCUT2D eigenvalue weighted by Gasteiger charge is -2.03. The number of fused-ring (bicyclic) bond motifs is 1. The van der Waals surface area contributed by atoms with Crippen LogP contribution in [0.15, 0.2) is 24.4 Å². The zero-order valence-electron chi connectivity index (χ0n) is 6.99. The third-order valence-electron chi connectivity index (χ3n) is 1.88. The van der Waals surface area contributed by atoms with E-state index in [1.807, 2.05) is 0 Å². The summed E-state index contributed by atoms with van der Waals surface area (Å²) in [5, 5.41) is 0.842. The predicted molar refractivity (Wildman–Crippen MR) is 55.0 cm³/mol. The zero-order chi connectivity index (χ0) is 9.42. The van der Waals surface area contributed by atoms with Crippen LogP contribution in [0.3, 0.4) is 0 Å². The van der Waals surface area contributed by atoms with Crippen molar-refractivity contribution >= 4 is 28.0 Å². The van der Waals surface area contributed by atoms with Gasteiger partial charge >= 0.3 is 0 Å². The third kappa shape index (κ3) is 1.22. The van der Waals surface area contributed by atoms with Crippen LogP contribution in [0.4, 0.5) is 17.1 Å². The number of nitrogens with zero attached hydrogens (tertiary/aromatic N) is 1. The van der Waals surface area contributed by atoms with Gasteiger partial charge < -0.3 is 17.2 Å². The van der Waals surface area contributed by atoms with Gasteiger partial charge in [-0.1, -0.05) is 0 Å². The number of hydrogen-bond donors (Lipinski definition) is 3. The molecule has 0 spiro atoms.